The molecule has 0 radical (unpaired) electrons. The molecule has 0 aromatic heterocycles. The molecule has 2 aliphatic carbocycles. The minimum absolute atomic E-state index is 0.0421. The molecule has 0 spiro atoms. The highest BCUT2D eigenvalue weighted by molar-refractivity contribution is 5.88. The molecule has 1 N–H and O–H groups in total. The fraction of sp³-hybridized carbons (Fsp3) is 0.667. The van der Waals surface area contributed by atoms with Crippen LogP contribution < -0.4 is 0 Å². The standard InChI is InChI=1S/C15H17NO6/c1-6(2)14(18)20-5-10(17)21-12-7-3-8-11(9(7)4-16)15(19)22-13(8)12/h7-9,11-13,15,19H,1,3,5H2,2H3. The largest absolute Gasteiger partial charge is 0.457 e. The summed E-state index contributed by atoms with van der Waals surface area (Å²) in [6.07, 6.45) is -1.22. The minimum atomic E-state index is -0.977. The van der Waals surface area contributed by atoms with Crippen LogP contribution in [0.25, 0.3) is 0 Å². The predicted molar refractivity (Wildman–Crippen MR) is 70.7 cm³/mol. The van der Waals surface area contributed by atoms with E-state index in [1.807, 2.05) is 0 Å². The van der Waals surface area contributed by atoms with E-state index in [0.29, 0.717) is 6.42 Å². The Bertz CT molecular complexity index is 567. The third kappa shape index (κ3) is 2.19. The molecule has 3 aliphatic rings. The van der Waals surface area contributed by atoms with E-state index in [2.05, 4.69) is 12.6 Å². The Hall–Kier alpha value is -1.91. The molecule has 7 nitrogen and oxygen atoms in total. The number of carbonyl (C=O) groups is 2. The maximum atomic E-state index is 11.8. The first-order valence-corrected chi connectivity index (χ1v) is 7.19. The number of aliphatic hydroxyl groups is 1. The van der Waals surface area contributed by atoms with E-state index in [4.69, 9.17) is 14.2 Å². The summed E-state index contributed by atoms with van der Waals surface area (Å²) >= 11 is 0. The third-order valence-corrected chi connectivity index (χ3v) is 4.79. The van der Waals surface area contributed by atoms with Gasteiger partial charge in [0.2, 0.25) is 0 Å². The Balaban J connectivity index is 1.62. The van der Waals surface area contributed by atoms with E-state index in [9.17, 15) is 20.0 Å². The summed E-state index contributed by atoms with van der Waals surface area (Å²) in [5.41, 5.74) is 0.197. The number of nitrogens with zero attached hydrogens (tertiary/aromatic N) is 1. The van der Waals surface area contributed by atoms with Crippen LogP contribution in [-0.2, 0) is 23.8 Å². The van der Waals surface area contributed by atoms with Crippen LogP contribution in [0.1, 0.15) is 13.3 Å². The first kappa shape index (κ1) is 15.0. The smallest absolute Gasteiger partial charge is 0.344 e. The highest BCUT2D eigenvalue weighted by Crippen LogP contribution is 2.59. The lowest BCUT2D eigenvalue weighted by Crippen LogP contribution is -2.40. The van der Waals surface area contributed by atoms with Crippen molar-refractivity contribution in [3.63, 3.8) is 0 Å². The van der Waals surface area contributed by atoms with E-state index in [1.165, 1.54) is 6.92 Å². The van der Waals surface area contributed by atoms with Crippen molar-refractivity contribution in [2.45, 2.75) is 31.8 Å². The summed E-state index contributed by atoms with van der Waals surface area (Å²) in [7, 11) is 0. The molecule has 2 bridgehead atoms. The second-order valence-electron chi connectivity index (χ2n) is 6.10. The van der Waals surface area contributed by atoms with Gasteiger partial charge in [-0.1, -0.05) is 6.58 Å². The van der Waals surface area contributed by atoms with Gasteiger partial charge in [-0.15, -0.1) is 0 Å². The molecule has 1 heterocycles. The van der Waals surface area contributed by atoms with Crippen molar-refractivity contribution in [1.82, 2.24) is 0 Å². The lowest BCUT2D eigenvalue weighted by atomic mass is 9.79. The van der Waals surface area contributed by atoms with Crippen molar-refractivity contribution >= 4 is 11.9 Å². The molecule has 3 rings (SSSR count). The molecule has 0 amide bonds. The van der Waals surface area contributed by atoms with Crippen LogP contribution in [0.3, 0.4) is 0 Å². The Kier molecular flexibility index (Phi) is 3.67. The minimum Gasteiger partial charge on any atom is -0.457 e. The highest BCUT2D eigenvalue weighted by Gasteiger charge is 2.67. The van der Waals surface area contributed by atoms with Gasteiger partial charge >= 0.3 is 11.9 Å². The lowest BCUT2D eigenvalue weighted by molar-refractivity contribution is -0.172. The van der Waals surface area contributed by atoms with Crippen LogP contribution in [-0.4, -0.2) is 42.1 Å². The number of esters is 2. The van der Waals surface area contributed by atoms with E-state index in [1.54, 1.807) is 0 Å². The second-order valence-corrected chi connectivity index (χ2v) is 6.10. The Morgan fingerprint density at radius 1 is 1.45 bits per heavy atom. The Morgan fingerprint density at radius 2 is 2.18 bits per heavy atom. The summed E-state index contributed by atoms with van der Waals surface area (Å²) in [5, 5.41) is 19.2. The van der Waals surface area contributed by atoms with Gasteiger partial charge in [-0.3, -0.25) is 0 Å². The molecule has 22 heavy (non-hydrogen) atoms. The normalized spacial score (nSPS) is 41.0. The molecule has 2 saturated carbocycles. The van der Waals surface area contributed by atoms with Gasteiger partial charge in [0.25, 0.3) is 0 Å². The van der Waals surface area contributed by atoms with Gasteiger partial charge in [0, 0.05) is 17.4 Å². The Morgan fingerprint density at radius 3 is 2.82 bits per heavy atom. The van der Waals surface area contributed by atoms with E-state index < -0.39 is 30.9 Å². The van der Waals surface area contributed by atoms with E-state index >= 15 is 0 Å². The quantitative estimate of drug-likeness (QED) is 0.581. The third-order valence-electron chi connectivity index (χ3n) is 4.79. The van der Waals surface area contributed by atoms with Gasteiger partial charge in [0.15, 0.2) is 12.9 Å². The van der Waals surface area contributed by atoms with Gasteiger partial charge < -0.3 is 19.3 Å². The van der Waals surface area contributed by atoms with Crippen LogP contribution in [0.4, 0.5) is 0 Å². The summed E-state index contributed by atoms with van der Waals surface area (Å²) in [6, 6.07) is 2.19. The molecular formula is C15H17NO6. The molecule has 0 aromatic rings. The van der Waals surface area contributed by atoms with Crippen LogP contribution in [0, 0.1) is 35.0 Å². The number of rotatable bonds is 4. The van der Waals surface area contributed by atoms with Crippen molar-refractivity contribution < 1.29 is 28.9 Å². The van der Waals surface area contributed by atoms with Crippen LogP contribution in [0.15, 0.2) is 12.2 Å². The lowest BCUT2D eigenvalue weighted by Gasteiger charge is -2.29. The second kappa shape index (κ2) is 5.38. The zero-order chi connectivity index (χ0) is 16.0. The topological polar surface area (TPSA) is 106 Å². The predicted octanol–water partition coefficient (Wildman–Crippen LogP) is 0.140. The maximum Gasteiger partial charge on any atom is 0.344 e. The fourth-order valence-electron chi connectivity index (χ4n) is 3.94. The van der Waals surface area contributed by atoms with Gasteiger partial charge in [-0.25, -0.2) is 9.59 Å². The van der Waals surface area contributed by atoms with Crippen LogP contribution in [0.5, 0.6) is 0 Å². The average molecular weight is 307 g/mol. The Labute approximate surface area is 127 Å². The number of nitriles is 1. The fourth-order valence-corrected chi connectivity index (χ4v) is 3.94. The van der Waals surface area contributed by atoms with Gasteiger partial charge in [-0.2, -0.15) is 5.26 Å². The zero-order valence-electron chi connectivity index (χ0n) is 12.1. The summed E-state index contributed by atoms with van der Waals surface area (Å²) in [4.78, 5) is 23.1. The monoisotopic (exact) mass is 307 g/mol. The molecule has 118 valence electrons. The van der Waals surface area contributed by atoms with Crippen molar-refractivity contribution in [3.05, 3.63) is 12.2 Å². The van der Waals surface area contributed by atoms with Crippen molar-refractivity contribution in [1.29, 1.82) is 5.26 Å². The van der Waals surface area contributed by atoms with Crippen molar-refractivity contribution in [2.24, 2.45) is 23.7 Å². The number of fused-ring (bicyclic) bond motifs is 1. The summed E-state index contributed by atoms with van der Waals surface area (Å²) in [6.45, 7) is 4.39. The van der Waals surface area contributed by atoms with E-state index in [-0.39, 0.29) is 35.3 Å². The van der Waals surface area contributed by atoms with E-state index in [0.717, 1.165) is 0 Å². The molecule has 1 aliphatic heterocycles. The van der Waals surface area contributed by atoms with Crippen LogP contribution >= 0.6 is 0 Å². The van der Waals surface area contributed by atoms with Crippen molar-refractivity contribution in [3.8, 4) is 6.07 Å². The summed E-state index contributed by atoms with van der Waals surface area (Å²) in [5.74, 6) is -2.02. The highest BCUT2D eigenvalue weighted by atomic mass is 16.6. The number of carbonyl (C=O) groups excluding carboxylic acids is 2. The van der Waals surface area contributed by atoms with Gasteiger partial charge in [0.05, 0.1) is 12.0 Å². The molecule has 3 fully saturated rings. The number of hydrogen-bond acceptors (Lipinski definition) is 7. The zero-order valence-corrected chi connectivity index (χ0v) is 12.1. The average Bonchev–Trinajstić information content (AvgIpc) is 3.07. The molecule has 7 unspecified atom stereocenters. The number of hydrogen-bond donors (Lipinski definition) is 1. The maximum absolute atomic E-state index is 11.8. The number of ether oxygens (including phenoxy) is 3. The van der Waals surface area contributed by atoms with Gasteiger partial charge in [-0.05, 0) is 19.3 Å². The first-order chi connectivity index (χ1) is 10.4. The molecule has 7 atom stereocenters. The summed E-state index contributed by atoms with van der Waals surface area (Å²) < 4.78 is 15.5. The molecule has 0 aromatic carbocycles. The van der Waals surface area contributed by atoms with Gasteiger partial charge in [0.1, 0.15) is 12.2 Å². The first-order valence-electron chi connectivity index (χ1n) is 7.19. The molecule has 1 saturated heterocycles. The molecule has 7 heteroatoms. The molecular weight excluding hydrogens is 290 g/mol. The SMILES string of the molecule is C=C(C)C(=O)OCC(=O)OC1C2CC3C1OC(O)C3C2C#N. The van der Waals surface area contributed by atoms with Crippen molar-refractivity contribution in [2.75, 3.05) is 6.61 Å². The number of aliphatic hydroxyl groups excluding tert-OH is 1. The van der Waals surface area contributed by atoms with Crippen LogP contribution in [0.2, 0.25) is 0 Å².